The van der Waals surface area contributed by atoms with Gasteiger partial charge in [-0.15, -0.1) is 0 Å². The highest BCUT2D eigenvalue weighted by Gasteiger charge is 2.27. The van der Waals surface area contributed by atoms with Gasteiger partial charge >= 0.3 is 0 Å². The van der Waals surface area contributed by atoms with Gasteiger partial charge in [0.2, 0.25) is 5.91 Å². The molecule has 1 aliphatic heterocycles. The van der Waals surface area contributed by atoms with Gasteiger partial charge in [-0.2, -0.15) is 5.10 Å². The van der Waals surface area contributed by atoms with Crippen molar-refractivity contribution in [1.29, 1.82) is 0 Å². The summed E-state index contributed by atoms with van der Waals surface area (Å²) in [5.41, 5.74) is 4.71. The van der Waals surface area contributed by atoms with Crippen molar-refractivity contribution >= 4 is 11.7 Å². The summed E-state index contributed by atoms with van der Waals surface area (Å²) in [7, 11) is 0. The Balaban J connectivity index is 1.87. The van der Waals surface area contributed by atoms with Gasteiger partial charge in [-0.1, -0.05) is 0 Å². The van der Waals surface area contributed by atoms with Crippen LogP contribution in [0, 0.1) is 5.82 Å². The highest BCUT2D eigenvalue weighted by molar-refractivity contribution is 5.89. The summed E-state index contributed by atoms with van der Waals surface area (Å²) in [6, 6.07) is 10.6. The predicted octanol–water partition coefficient (Wildman–Crippen LogP) is 3.93. The highest BCUT2D eigenvalue weighted by atomic mass is 19.1. The summed E-state index contributed by atoms with van der Waals surface area (Å²) in [5.74, 6) is 0.0510. The van der Waals surface area contributed by atoms with Crippen LogP contribution < -0.4 is 5.32 Å². The van der Waals surface area contributed by atoms with Gasteiger partial charge in [0, 0.05) is 43.4 Å². The lowest BCUT2D eigenvalue weighted by Crippen LogP contribution is -2.38. The molecule has 1 aliphatic rings. The largest absolute Gasteiger partial charge is 0.311 e. The number of benzene rings is 1. The number of hydrogen-bond donors (Lipinski definition) is 1. The molecular formula is C22H24FN5O. The molecule has 0 spiro atoms. The van der Waals surface area contributed by atoms with Gasteiger partial charge in [-0.05, 0) is 55.8 Å². The van der Waals surface area contributed by atoms with Gasteiger partial charge in [0.1, 0.15) is 17.3 Å². The molecule has 0 saturated heterocycles. The minimum absolute atomic E-state index is 0.170. The number of amides is 1. The molecule has 0 unspecified atom stereocenters. The van der Waals surface area contributed by atoms with E-state index in [1.807, 2.05) is 16.8 Å². The van der Waals surface area contributed by atoms with Crippen molar-refractivity contribution < 1.29 is 9.18 Å². The minimum Gasteiger partial charge on any atom is -0.311 e. The Morgan fingerprint density at radius 3 is 2.59 bits per heavy atom. The van der Waals surface area contributed by atoms with Crippen molar-refractivity contribution in [3.63, 3.8) is 0 Å². The number of anilines is 1. The third kappa shape index (κ3) is 3.91. The van der Waals surface area contributed by atoms with Crippen LogP contribution in [0.5, 0.6) is 0 Å². The number of aromatic nitrogens is 3. The van der Waals surface area contributed by atoms with Crippen molar-refractivity contribution in [3.05, 3.63) is 54.1 Å². The zero-order chi connectivity index (χ0) is 20.5. The average molecular weight is 393 g/mol. The Labute approximate surface area is 169 Å². The van der Waals surface area contributed by atoms with E-state index in [2.05, 4.69) is 29.0 Å². The van der Waals surface area contributed by atoms with Crippen LogP contribution >= 0.6 is 0 Å². The van der Waals surface area contributed by atoms with E-state index in [1.165, 1.54) is 19.1 Å². The number of rotatable bonds is 4. The lowest BCUT2D eigenvalue weighted by molar-refractivity contribution is -0.114. The number of pyridine rings is 1. The zero-order valence-corrected chi connectivity index (χ0v) is 16.8. The normalized spacial score (nSPS) is 14.1. The molecule has 150 valence electrons. The number of halogens is 1. The van der Waals surface area contributed by atoms with Crippen LogP contribution in [0.4, 0.5) is 10.2 Å². The fourth-order valence-corrected chi connectivity index (χ4v) is 3.73. The second-order valence-corrected chi connectivity index (χ2v) is 7.58. The van der Waals surface area contributed by atoms with Crippen molar-refractivity contribution in [2.75, 3.05) is 11.9 Å². The quantitative estimate of drug-likeness (QED) is 0.729. The zero-order valence-electron chi connectivity index (χ0n) is 16.8. The maximum atomic E-state index is 13.5. The Kier molecular flexibility index (Phi) is 5.15. The lowest BCUT2D eigenvalue weighted by atomic mass is 9.98. The molecule has 1 amide bonds. The lowest BCUT2D eigenvalue weighted by Gasteiger charge is -2.31. The fraction of sp³-hybridized carbons (Fsp3) is 0.318. The molecule has 1 aromatic carbocycles. The third-order valence-electron chi connectivity index (χ3n) is 5.21. The maximum absolute atomic E-state index is 13.5. The van der Waals surface area contributed by atoms with Gasteiger partial charge in [0.25, 0.3) is 0 Å². The fourth-order valence-electron chi connectivity index (χ4n) is 3.73. The molecule has 0 atom stereocenters. The molecule has 6 nitrogen and oxygen atoms in total. The first-order chi connectivity index (χ1) is 13.9. The van der Waals surface area contributed by atoms with Gasteiger partial charge in [-0.25, -0.2) is 9.37 Å². The van der Waals surface area contributed by atoms with Gasteiger partial charge in [0.15, 0.2) is 0 Å². The smallest absolute Gasteiger partial charge is 0.222 e. The predicted molar refractivity (Wildman–Crippen MR) is 111 cm³/mol. The molecule has 0 bridgehead atoms. The molecule has 2 aromatic heterocycles. The Morgan fingerprint density at radius 2 is 1.90 bits per heavy atom. The van der Waals surface area contributed by atoms with Crippen LogP contribution in [0.3, 0.4) is 0 Å². The highest BCUT2D eigenvalue weighted by Crippen LogP contribution is 2.37. The average Bonchev–Trinajstić information content (AvgIpc) is 3.06. The molecule has 3 aromatic rings. The number of nitrogens with zero attached hydrogens (tertiary/aromatic N) is 4. The number of carbonyl (C=O) groups excluding carboxylic acids is 1. The summed E-state index contributed by atoms with van der Waals surface area (Å²) in [6.07, 6.45) is 1.68. The third-order valence-corrected chi connectivity index (χ3v) is 5.21. The number of nitrogens with one attached hydrogen (secondary N) is 1. The summed E-state index contributed by atoms with van der Waals surface area (Å²) in [5, 5.41) is 7.61. The Hall–Kier alpha value is -3.06. The molecule has 4 rings (SSSR count). The number of hydrogen-bond acceptors (Lipinski definition) is 4. The van der Waals surface area contributed by atoms with Crippen LogP contribution in [0.25, 0.3) is 22.4 Å². The molecule has 0 aliphatic carbocycles. The second kappa shape index (κ2) is 7.75. The molecule has 0 radical (unpaired) electrons. The molecule has 7 heteroatoms. The van der Waals surface area contributed by atoms with E-state index in [1.54, 1.807) is 18.3 Å². The van der Waals surface area contributed by atoms with Crippen LogP contribution in [0.2, 0.25) is 0 Å². The van der Waals surface area contributed by atoms with E-state index in [-0.39, 0.29) is 11.7 Å². The first-order valence-electron chi connectivity index (χ1n) is 9.76. The molecular weight excluding hydrogens is 369 g/mol. The topological polar surface area (TPSA) is 63.1 Å². The second-order valence-electron chi connectivity index (χ2n) is 7.58. The minimum atomic E-state index is -0.276. The molecule has 0 fully saturated rings. The molecule has 1 N–H and O–H groups in total. The van der Waals surface area contributed by atoms with Crippen molar-refractivity contribution in [2.45, 2.75) is 39.9 Å². The molecule has 29 heavy (non-hydrogen) atoms. The van der Waals surface area contributed by atoms with E-state index in [4.69, 9.17) is 5.10 Å². The summed E-state index contributed by atoms with van der Waals surface area (Å²) in [4.78, 5) is 18.1. The van der Waals surface area contributed by atoms with Crippen LogP contribution in [0.1, 0.15) is 26.5 Å². The van der Waals surface area contributed by atoms with Crippen molar-refractivity contribution in [2.24, 2.45) is 0 Å². The van der Waals surface area contributed by atoms with E-state index >= 15 is 0 Å². The van der Waals surface area contributed by atoms with E-state index in [0.29, 0.717) is 11.9 Å². The van der Waals surface area contributed by atoms with Crippen molar-refractivity contribution in [1.82, 2.24) is 19.7 Å². The standard InChI is InChI=1S/C22H24FN5O/c1-14(2)27-10-11-28-19(13-27)21(17-8-9-24-20(12-17)25-15(3)29)22(26-28)16-4-6-18(23)7-5-16/h4-9,12,14H,10-11,13H2,1-3H3,(H,24,25,29). The molecule has 3 heterocycles. The van der Waals surface area contributed by atoms with Crippen molar-refractivity contribution in [3.8, 4) is 22.4 Å². The summed E-state index contributed by atoms with van der Waals surface area (Å²) >= 11 is 0. The SMILES string of the molecule is CC(=O)Nc1cc(-c2c(-c3ccc(F)cc3)nn3c2CN(C(C)C)CC3)ccn1. The van der Waals surface area contributed by atoms with Gasteiger partial charge in [0.05, 0.1) is 12.2 Å². The summed E-state index contributed by atoms with van der Waals surface area (Å²) < 4.78 is 15.5. The van der Waals surface area contributed by atoms with Gasteiger partial charge in [-0.3, -0.25) is 14.4 Å². The molecule has 0 saturated carbocycles. The van der Waals surface area contributed by atoms with E-state index in [0.717, 1.165) is 47.7 Å². The maximum Gasteiger partial charge on any atom is 0.222 e. The Morgan fingerprint density at radius 1 is 1.14 bits per heavy atom. The number of fused-ring (bicyclic) bond motifs is 1. The van der Waals surface area contributed by atoms with Crippen LogP contribution in [0.15, 0.2) is 42.6 Å². The Bertz CT molecular complexity index is 1040. The van der Waals surface area contributed by atoms with E-state index in [9.17, 15) is 9.18 Å². The first-order valence-corrected chi connectivity index (χ1v) is 9.76. The van der Waals surface area contributed by atoms with E-state index < -0.39 is 0 Å². The van der Waals surface area contributed by atoms with Crippen LogP contribution in [-0.4, -0.2) is 38.2 Å². The summed E-state index contributed by atoms with van der Waals surface area (Å²) in [6.45, 7) is 8.34. The van der Waals surface area contributed by atoms with Gasteiger partial charge < -0.3 is 5.32 Å². The van der Waals surface area contributed by atoms with Crippen LogP contribution in [-0.2, 0) is 17.9 Å². The monoisotopic (exact) mass is 393 g/mol. The first kappa shape index (κ1) is 19.3. The number of carbonyl (C=O) groups is 1.